The molecule has 2 N–H and O–H groups in total. The molecule has 1 aromatic carbocycles. The van der Waals surface area contributed by atoms with E-state index in [-0.39, 0.29) is 30.0 Å². The third-order valence-electron chi connectivity index (χ3n) is 4.04. The maximum Gasteiger partial charge on any atom is 0.191 e. The fourth-order valence-electron chi connectivity index (χ4n) is 2.61. The number of nitrogens with one attached hydrogen (secondary N) is 2. The van der Waals surface area contributed by atoms with Gasteiger partial charge < -0.3 is 20.3 Å². The molecule has 0 aliphatic carbocycles. The number of guanidine groups is 1. The van der Waals surface area contributed by atoms with Gasteiger partial charge in [-0.2, -0.15) is 5.10 Å². The minimum atomic E-state index is 0. The highest BCUT2D eigenvalue weighted by Gasteiger charge is 2.16. The molecule has 27 heavy (non-hydrogen) atoms. The molecule has 2 rings (SSSR count). The number of aliphatic imine (C=N–C) groups is 1. The van der Waals surface area contributed by atoms with Gasteiger partial charge in [-0.1, -0.05) is 18.2 Å². The lowest BCUT2D eigenvalue weighted by Gasteiger charge is -2.24. The maximum absolute atomic E-state index is 5.70. The molecular formula is C19H31IN6O. The minimum Gasteiger partial charge on any atom is -0.494 e. The highest BCUT2D eigenvalue weighted by atomic mass is 127. The van der Waals surface area contributed by atoms with Crippen LogP contribution in [0.2, 0.25) is 0 Å². The predicted molar refractivity (Wildman–Crippen MR) is 121 cm³/mol. The standard InChI is InChI=1S/C19H30N6O.HI/c1-20-19(21-11-8-12-26-17-9-6-5-7-10-17)22-14-18(24(2)3)16-13-23-25(4)15-16;/h5-7,9-10,13,15,18H,8,11-12,14H2,1-4H3,(H2,20,21,22);1H. The summed E-state index contributed by atoms with van der Waals surface area (Å²) in [7, 11) is 7.85. The maximum atomic E-state index is 5.70. The van der Waals surface area contributed by atoms with E-state index in [9.17, 15) is 0 Å². The Kier molecular flexibility index (Phi) is 10.8. The number of para-hydroxylation sites is 1. The molecule has 0 aliphatic rings. The lowest BCUT2D eigenvalue weighted by molar-refractivity contribution is 0.297. The van der Waals surface area contributed by atoms with Gasteiger partial charge in [0.2, 0.25) is 0 Å². The van der Waals surface area contributed by atoms with E-state index in [0.29, 0.717) is 6.61 Å². The molecule has 0 fully saturated rings. The van der Waals surface area contributed by atoms with E-state index >= 15 is 0 Å². The van der Waals surface area contributed by atoms with E-state index in [1.54, 1.807) is 7.05 Å². The molecule has 0 saturated carbocycles. The van der Waals surface area contributed by atoms with Crippen LogP contribution in [0.5, 0.6) is 5.75 Å². The van der Waals surface area contributed by atoms with Crippen molar-refractivity contribution >= 4 is 29.9 Å². The molecule has 0 bridgehead atoms. The monoisotopic (exact) mass is 486 g/mol. The van der Waals surface area contributed by atoms with Crippen LogP contribution in [0.4, 0.5) is 0 Å². The molecule has 1 heterocycles. The summed E-state index contributed by atoms with van der Waals surface area (Å²) in [5.74, 6) is 1.70. The number of benzene rings is 1. The average molecular weight is 486 g/mol. The summed E-state index contributed by atoms with van der Waals surface area (Å²) in [5.41, 5.74) is 1.18. The van der Waals surface area contributed by atoms with Crippen molar-refractivity contribution in [3.63, 3.8) is 0 Å². The van der Waals surface area contributed by atoms with Gasteiger partial charge >= 0.3 is 0 Å². The average Bonchev–Trinajstić information content (AvgIpc) is 3.06. The molecule has 0 saturated heterocycles. The number of halogens is 1. The Bertz CT molecular complexity index is 674. The largest absolute Gasteiger partial charge is 0.494 e. The Morgan fingerprint density at radius 1 is 1.26 bits per heavy atom. The molecule has 150 valence electrons. The van der Waals surface area contributed by atoms with Crippen molar-refractivity contribution in [2.75, 3.05) is 40.8 Å². The molecule has 2 aromatic rings. The number of aryl methyl sites for hydroxylation is 1. The van der Waals surface area contributed by atoms with Crippen molar-refractivity contribution in [1.29, 1.82) is 0 Å². The molecule has 0 radical (unpaired) electrons. The first kappa shape index (κ1) is 23.2. The Morgan fingerprint density at radius 2 is 2.00 bits per heavy atom. The summed E-state index contributed by atoms with van der Waals surface area (Å²) in [6.07, 6.45) is 4.85. The van der Waals surface area contributed by atoms with Gasteiger partial charge in [-0.25, -0.2) is 0 Å². The molecule has 0 spiro atoms. The van der Waals surface area contributed by atoms with Crippen LogP contribution in [0.25, 0.3) is 0 Å². The minimum absolute atomic E-state index is 0. The van der Waals surface area contributed by atoms with E-state index in [0.717, 1.165) is 31.2 Å². The number of nitrogens with zero attached hydrogens (tertiary/aromatic N) is 4. The Labute approximate surface area is 179 Å². The van der Waals surface area contributed by atoms with E-state index in [1.165, 1.54) is 5.56 Å². The molecule has 0 amide bonds. The third kappa shape index (κ3) is 8.17. The molecule has 7 nitrogen and oxygen atoms in total. The molecule has 0 aliphatic heterocycles. The Balaban J connectivity index is 0.00000364. The second-order valence-electron chi connectivity index (χ2n) is 6.32. The second-order valence-corrected chi connectivity index (χ2v) is 6.32. The quantitative estimate of drug-likeness (QED) is 0.247. The topological polar surface area (TPSA) is 66.7 Å². The van der Waals surface area contributed by atoms with Crippen LogP contribution in [0, 0.1) is 0 Å². The summed E-state index contributed by atoms with van der Waals surface area (Å²) < 4.78 is 7.52. The molecule has 8 heteroatoms. The molecule has 1 unspecified atom stereocenters. The van der Waals surface area contributed by atoms with Crippen LogP contribution in [-0.2, 0) is 7.05 Å². The Morgan fingerprint density at radius 3 is 2.59 bits per heavy atom. The van der Waals surface area contributed by atoms with Crippen LogP contribution in [0.15, 0.2) is 47.7 Å². The van der Waals surface area contributed by atoms with E-state index in [1.807, 2.05) is 54.5 Å². The van der Waals surface area contributed by atoms with E-state index in [2.05, 4.69) is 39.7 Å². The van der Waals surface area contributed by atoms with Crippen LogP contribution >= 0.6 is 24.0 Å². The zero-order valence-electron chi connectivity index (χ0n) is 16.6. The van der Waals surface area contributed by atoms with Gasteiger partial charge in [0.05, 0.1) is 18.8 Å². The van der Waals surface area contributed by atoms with Gasteiger partial charge in [0.1, 0.15) is 5.75 Å². The first-order valence-electron chi connectivity index (χ1n) is 8.87. The van der Waals surface area contributed by atoms with Gasteiger partial charge in [0.15, 0.2) is 5.96 Å². The number of rotatable bonds is 9. The van der Waals surface area contributed by atoms with Gasteiger partial charge in [0.25, 0.3) is 0 Å². The highest BCUT2D eigenvalue weighted by Crippen LogP contribution is 2.16. The lowest BCUT2D eigenvalue weighted by atomic mass is 10.1. The lowest BCUT2D eigenvalue weighted by Crippen LogP contribution is -2.42. The van der Waals surface area contributed by atoms with Crippen molar-refractivity contribution in [3.8, 4) is 5.75 Å². The van der Waals surface area contributed by atoms with Crippen LogP contribution < -0.4 is 15.4 Å². The van der Waals surface area contributed by atoms with Crippen molar-refractivity contribution in [1.82, 2.24) is 25.3 Å². The number of hydrogen-bond acceptors (Lipinski definition) is 4. The van der Waals surface area contributed by atoms with Crippen LogP contribution in [0.3, 0.4) is 0 Å². The van der Waals surface area contributed by atoms with E-state index in [4.69, 9.17) is 4.74 Å². The van der Waals surface area contributed by atoms with Gasteiger partial charge in [-0.15, -0.1) is 24.0 Å². The summed E-state index contributed by atoms with van der Waals surface area (Å²) in [6.45, 7) is 2.22. The zero-order chi connectivity index (χ0) is 18.8. The first-order valence-corrected chi connectivity index (χ1v) is 8.87. The van der Waals surface area contributed by atoms with Crippen LogP contribution in [-0.4, -0.2) is 61.5 Å². The highest BCUT2D eigenvalue weighted by molar-refractivity contribution is 14.0. The Hall–Kier alpha value is -1.81. The molecular weight excluding hydrogens is 455 g/mol. The number of aromatic nitrogens is 2. The number of hydrogen-bond donors (Lipinski definition) is 2. The fraction of sp³-hybridized carbons (Fsp3) is 0.474. The predicted octanol–water partition coefficient (Wildman–Crippen LogP) is 2.27. The van der Waals surface area contributed by atoms with Crippen LogP contribution in [0.1, 0.15) is 18.0 Å². The van der Waals surface area contributed by atoms with Gasteiger partial charge in [0, 0.05) is 38.9 Å². The smallest absolute Gasteiger partial charge is 0.191 e. The van der Waals surface area contributed by atoms with Crippen molar-refractivity contribution in [3.05, 3.63) is 48.3 Å². The summed E-state index contributed by atoms with van der Waals surface area (Å²) >= 11 is 0. The number of likely N-dealkylation sites (N-methyl/N-ethyl adjacent to an activating group) is 1. The van der Waals surface area contributed by atoms with Crippen molar-refractivity contribution < 1.29 is 4.74 Å². The van der Waals surface area contributed by atoms with Crippen molar-refractivity contribution in [2.24, 2.45) is 12.0 Å². The normalized spacial score (nSPS) is 12.4. The number of ether oxygens (including phenoxy) is 1. The third-order valence-corrected chi connectivity index (χ3v) is 4.04. The SMILES string of the molecule is CN=C(NCCCOc1ccccc1)NCC(c1cnn(C)c1)N(C)C.I. The summed E-state index contributed by atoms with van der Waals surface area (Å²) in [5, 5.41) is 11.0. The molecule has 1 aromatic heterocycles. The summed E-state index contributed by atoms with van der Waals surface area (Å²) in [4.78, 5) is 6.46. The molecule has 1 atom stereocenters. The van der Waals surface area contributed by atoms with E-state index < -0.39 is 0 Å². The van der Waals surface area contributed by atoms with Gasteiger partial charge in [-0.05, 0) is 32.6 Å². The van der Waals surface area contributed by atoms with Crippen molar-refractivity contribution in [2.45, 2.75) is 12.5 Å². The summed E-state index contributed by atoms with van der Waals surface area (Å²) in [6, 6.07) is 10.1. The van der Waals surface area contributed by atoms with Gasteiger partial charge in [-0.3, -0.25) is 9.67 Å². The first-order chi connectivity index (χ1) is 12.6. The second kappa shape index (κ2) is 12.6. The fourth-order valence-corrected chi connectivity index (χ4v) is 2.61. The zero-order valence-corrected chi connectivity index (χ0v) is 18.9.